The fourth-order valence-corrected chi connectivity index (χ4v) is 4.75. The Morgan fingerprint density at radius 2 is 1.73 bits per heavy atom. The Balaban J connectivity index is 1.63. The van der Waals surface area contributed by atoms with Gasteiger partial charge in [-0.05, 0) is 84.2 Å². The second-order valence-electron chi connectivity index (χ2n) is 8.68. The Labute approximate surface area is 220 Å². The first-order valence-electron chi connectivity index (χ1n) is 11.9. The predicted octanol–water partition coefficient (Wildman–Crippen LogP) is 6.66. The van der Waals surface area contributed by atoms with Gasteiger partial charge in [-0.15, -0.1) is 0 Å². The van der Waals surface area contributed by atoms with Crippen LogP contribution in [0.15, 0.2) is 60.7 Å². The number of hydrogen-bond acceptors (Lipinski definition) is 4. The summed E-state index contributed by atoms with van der Waals surface area (Å²) in [5.41, 5.74) is 2.78. The maximum atomic E-state index is 13.2. The zero-order valence-corrected chi connectivity index (χ0v) is 21.7. The molecule has 4 rings (SSSR count). The number of thiocarbonyl (C=S) groups is 1. The molecule has 1 heterocycles. The first-order valence-corrected chi connectivity index (χ1v) is 12.4. The molecule has 1 atom stereocenters. The van der Waals surface area contributed by atoms with Crippen molar-refractivity contribution < 1.29 is 27.4 Å². The molecule has 0 fully saturated rings. The zero-order chi connectivity index (χ0) is 26.6. The minimum Gasteiger partial charge on any atom is -0.493 e. The fourth-order valence-electron chi connectivity index (χ4n) is 4.42. The van der Waals surface area contributed by atoms with Crippen LogP contribution in [0.2, 0.25) is 0 Å². The van der Waals surface area contributed by atoms with Crippen LogP contribution in [0.1, 0.15) is 35.2 Å². The number of benzene rings is 3. The van der Waals surface area contributed by atoms with Crippen molar-refractivity contribution >= 4 is 23.0 Å². The van der Waals surface area contributed by atoms with Crippen LogP contribution in [-0.4, -0.2) is 37.4 Å². The van der Waals surface area contributed by atoms with Crippen molar-refractivity contribution in [3.63, 3.8) is 0 Å². The molecule has 1 aliphatic rings. The highest BCUT2D eigenvalue weighted by atomic mass is 32.1. The van der Waals surface area contributed by atoms with Crippen molar-refractivity contribution in [3.05, 3.63) is 82.9 Å². The summed E-state index contributed by atoms with van der Waals surface area (Å²) in [7, 11) is 3.17. The number of nitrogens with zero attached hydrogens (tertiary/aromatic N) is 1. The quantitative estimate of drug-likeness (QED) is 0.345. The van der Waals surface area contributed by atoms with Gasteiger partial charge in [-0.2, -0.15) is 13.2 Å². The maximum Gasteiger partial charge on any atom is 0.416 e. The number of aryl methyl sites for hydroxylation is 1. The average Bonchev–Trinajstić information content (AvgIpc) is 2.90. The highest BCUT2D eigenvalue weighted by molar-refractivity contribution is 7.80. The Kier molecular flexibility index (Phi) is 8.12. The van der Waals surface area contributed by atoms with Crippen LogP contribution in [0.25, 0.3) is 0 Å². The highest BCUT2D eigenvalue weighted by Crippen LogP contribution is 2.39. The van der Waals surface area contributed by atoms with Crippen molar-refractivity contribution in [2.75, 3.05) is 32.7 Å². The number of methoxy groups -OCH3 is 2. The van der Waals surface area contributed by atoms with Gasteiger partial charge in [-0.1, -0.05) is 25.1 Å². The number of anilines is 1. The van der Waals surface area contributed by atoms with Crippen LogP contribution < -0.4 is 19.5 Å². The summed E-state index contributed by atoms with van der Waals surface area (Å²) < 4.78 is 56.9. The van der Waals surface area contributed by atoms with Gasteiger partial charge in [0.1, 0.15) is 12.4 Å². The summed E-state index contributed by atoms with van der Waals surface area (Å²) in [5.74, 6) is 1.94. The number of alkyl halides is 3. The van der Waals surface area contributed by atoms with Gasteiger partial charge in [0.2, 0.25) is 0 Å². The minimum absolute atomic E-state index is 0.271. The summed E-state index contributed by atoms with van der Waals surface area (Å²) >= 11 is 5.69. The van der Waals surface area contributed by atoms with E-state index in [2.05, 4.69) is 12.2 Å². The molecule has 5 nitrogen and oxygen atoms in total. The van der Waals surface area contributed by atoms with Crippen LogP contribution in [0.5, 0.6) is 17.2 Å². The molecular weight excluding hydrogens is 501 g/mol. The largest absolute Gasteiger partial charge is 0.493 e. The molecule has 1 unspecified atom stereocenters. The highest BCUT2D eigenvalue weighted by Gasteiger charge is 2.33. The van der Waals surface area contributed by atoms with E-state index in [1.165, 1.54) is 11.6 Å². The third kappa shape index (κ3) is 6.10. The third-order valence-electron chi connectivity index (χ3n) is 6.44. The van der Waals surface area contributed by atoms with E-state index >= 15 is 0 Å². The van der Waals surface area contributed by atoms with Gasteiger partial charge in [0.15, 0.2) is 16.6 Å². The standard InChI is InChI=1S/C28H29F3N2O3S/c1-4-18-8-10-22(11-9-18)36-17-24-23-16-26(35-3)25(34-2)14-19(23)12-13-33(24)27(37)32-21-7-5-6-20(15-21)28(29,30)31/h5-11,14-16,24H,4,12-13,17H2,1-3H3,(H,32,37). The summed E-state index contributed by atoms with van der Waals surface area (Å²) in [6.45, 7) is 2.92. The van der Waals surface area contributed by atoms with Gasteiger partial charge in [0.25, 0.3) is 0 Å². The van der Waals surface area contributed by atoms with Crippen LogP contribution in [0, 0.1) is 0 Å². The molecule has 9 heteroatoms. The molecule has 0 aliphatic carbocycles. The number of halogens is 3. The topological polar surface area (TPSA) is 43.0 Å². The Bertz CT molecular complexity index is 1250. The smallest absolute Gasteiger partial charge is 0.416 e. The Hall–Kier alpha value is -3.46. The summed E-state index contributed by atoms with van der Waals surface area (Å²) in [5, 5.41) is 3.31. The lowest BCUT2D eigenvalue weighted by Gasteiger charge is -2.39. The lowest BCUT2D eigenvalue weighted by molar-refractivity contribution is -0.137. The fraction of sp³-hybridized carbons (Fsp3) is 0.321. The van der Waals surface area contributed by atoms with Gasteiger partial charge in [0.05, 0.1) is 25.8 Å². The van der Waals surface area contributed by atoms with E-state index in [1.807, 2.05) is 41.3 Å². The monoisotopic (exact) mass is 530 g/mol. The molecule has 0 bridgehead atoms. The van der Waals surface area contributed by atoms with Crippen molar-refractivity contribution in [1.82, 2.24) is 4.90 Å². The van der Waals surface area contributed by atoms with Gasteiger partial charge < -0.3 is 24.4 Å². The molecule has 0 saturated carbocycles. The van der Waals surface area contributed by atoms with Crippen LogP contribution in [-0.2, 0) is 19.0 Å². The predicted molar refractivity (Wildman–Crippen MR) is 142 cm³/mol. The van der Waals surface area contributed by atoms with E-state index < -0.39 is 11.7 Å². The van der Waals surface area contributed by atoms with Crippen LogP contribution >= 0.6 is 12.2 Å². The molecule has 1 N–H and O–H groups in total. The van der Waals surface area contributed by atoms with E-state index in [0.29, 0.717) is 29.6 Å². The maximum absolute atomic E-state index is 13.2. The van der Waals surface area contributed by atoms with Gasteiger partial charge in [-0.25, -0.2) is 0 Å². The van der Waals surface area contributed by atoms with Crippen molar-refractivity contribution in [2.24, 2.45) is 0 Å². The molecule has 0 radical (unpaired) electrons. The van der Waals surface area contributed by atoms with Crippen LogP contribution in [0.4, 0.5) is 18.9 Å². The van der Waals surface area contributed by atoms with Gasteiger partial charge in [0, 0.05) is 12.2 Å². The van der Waals surface area contributed by atoms with E-state index in [1.54, 1.807) is 20.3 Å². The Morgan fingerprint density at radius 1 is 1.03 bits per heavy atom. The molecule has 0 saturated heterocycles. The van der Waals surface area contributed by atoms with E-state index in [0.717, 1.165) is 35.4 Å². The SMILES string of the molecule is CCc1ccc(OCC2c3cc(OC)c(OC)cc3CCN2C(=S)Nc2cccc(C(F)(F)F)c2)cc1. The molecule has 1 aliphatic heterocycles. The van der Waals surface area contributed by atoms with Gasteiger partial charge in [-0.3, -0.25) is 0 Å². The summed E-state index contributed by atoms with van der Waals surface area (Å²) in [6, 6.07) is 16.5. The minimum atomic E-state index is -4.44. The lowest BCUT2D eigenvalue weighted by Crippen LogP contribution is -2.44. The molecule has 0 amide bonds. The molecule has 3 aromatic carbocycles. The molecular formula is C28H29F3N2O3S. The van der Waals surface area contributed by atoms with E-state index in [9.17, 15) is 13.2 Å². The van der Waals surface area contributed by atoms with Crippen molar-refractivity contribution in [2.45, 2.75) is 32.0 Å². The number of ether oxygens (including phenoxy) is 3. The van der Waals surface area contributed by atoms with E-state index in [4.69, 9.17) is 26.4 Å². The van der Waals surface area contributed by atoms with E-state index in [-0.39, 0.29) is 18.3 Å². The number of nitrogens with one attached hydrogen (secondary N) is 1. The number of fused-ring (bicyclic) bond motifs is 1. The molecule has 196 valence electrons. The first kappa shape index (κ1) is 26.6. The lowest BCUT2D eigenvalue weighted by atomic mass is 9.92. The second-order valence-corrected chi connectivity index (χ2v) is 9.07. The normalized spacial score (nSPS) is 15.1. The molecule has 3 aromatic rings. The molecule has 37 heavy (non-hydrogen) atoms. The molecule has 0 aromatic heterocycles. The second kappa shape index (κ2) is 11.3. The van der Waals surface area contributed by atoms with Gasteiger partial charge >= 0.3 is 6.18 Å². The number of rotatable bonds is 7. The zero-order valence-electron chi connectivity index (χ0n) is 20.9. The van der Waals surface area contributed by atoms with Crippen LogP contribution in [0.3, 0.4) is 0 Å². The van der Waals surface area contributed by atoms with Crippen molar-refractivity contribution in [1.29, 1.82) is 0 Å². The summed E-state index contributed by atoms with van der Waals surface area (Å²) in [4.78, 5) is 1.95. The average molecular weight is 531 g/mol. The first-order chi connectivity index (χ1) is 17.7. The number of hydrogen-bond donors (Lipinski definition) is 1. The third-order valence-corrected chi connectivity index (χ3v) is 6.78. The van der Waals surface area contributed by atoms with Crippen molar-refractivity contribution in [3.8, 4) is 17.2 Å². The molecule has 0 spiro atoms. The summed E-state index contributed by atoms with van der Waals surface area (Å²) in [6.07, 6.45) is -2.84. The Morgan fingerprint density at radius 3 is 2.38 bits per heavy atom.